The number of pyridine rings is 1. The molecule has 0 aliphatic carbocycles. The molecule has 0 radical (unpaired) electrons. The maximum absolute atomic E-state index is 12.9. The first-order valence-corrected chi connectivity index (χ1v) is 10.1. The molecule has 0 aromatic carbocycles. The second kappa shape index (κ2) is 7.69. The van der Waals surface area contributed by atoms with Crippen LogP contribution in [0, 0.1) is 5.92 Å². The fraction of sp³-hybridized carbons (Fsp3) is 0.444. The van der Waals surface area contributed by atoms with Crippen LogP contribution in [-0.4, -0.2) is 43.5 Å². The molecule has 0 unspecified atom stereocenters. The van der Waals surface area contributed by atoms with Crippen molar-refractivity contribution in [1.82, 2.24) is 8.87 Å². The van der Waals surface area contributed by atoms with Gasteiger partial charge in [-0.3, -0.25) is 4.79 Å². The predicted octanol–water partition coefficient (Wildman–Crippen LogP) is 1.70. The van der Waals surface area contributed by atoms with Gasteiger partial charge in [0.05, 0.1) is 13.7 Å². The summed E-state index contributed by atoms with van der Waals surface area (Å²) in [5.41, 5.74) is -0.618. The van der Waals surface area contributed by atoms with Crippen molar-refractivity contribution in [1.29, 1.82) is 0 Å². The number of furan rings is 1. The molecule has 0 saturated carbocycles. The van der Waals surface area contributed by atoms with E-state index in [4.69, 9.17) is 4.42 Å². The lowest BCUT2D eigenvalue weighted by Crippen LogP contribution is -2.40. The quantitative estimate of drug-likeness (QED) is 0.716. The molecule has 2 aromatic heterocycles. The van der Waals surface area contributed by atoms with Gasteiger partial charge in [-0.2, -0.15) is 4.31 Å². The topological polar surface area (TPSA) is 98.8 Å². The first-order chi connectivity index (χ1) is 12.8. The second-order valence-corrected chi connectivity index (χ2v) is 8.56. The minimum atomic E-state index is -3.85. The highest BCUT2D eigenvalue weighted by Gasteiger charge is 2.30. The third kappa shape index (κ3) is 3.98. The zero-order valence-corrected chi connectivity index (χ0v) is 16.1. The molecule has 2 aromatic rings. The van der Waals surface area contributed by atoms with Gasteiger partial charge in [-0.25, -0.2) is 13.2 Å². The number of carbonyl (C=O) groups excluding carboxylic acids is 1. The number of esters is 1. The summed E-state index contributed by atoms with van der Waals surface area (Å²) in [5, 5.41) is 0. The molecule has 3 heterocycles. The fourth-order valence-corrected chi connectivity index (χ4v) is 4.60. The van der Waals surface area contributed by atoms with Gasteiger partial charge in [-0.1, -0.05) is 6.92 Å². The van der Waals surface area contributed by atoms with Crippen molar-refractivity contribution in [2.75, 3.05) is 20.2 Å². The summed E-state index contributed by atoms with van der Waals surface area (Å²) in [6, 6.07) is 5.84. The van der Waals surface area contributed by atoms with E-state index < -0.39 is 21.6 Å². The number of carbonyl (C=O) groups is 1. The van der Waals surface area contributed by atoms with Crippen molar-refractivity contribution in [2.45, 2.75) is 31.2 Å². The number of hydrogen-bond acceptors (Lipinski definition) is 6. The Morgan fingerprint density at radius 2 is 1.96 bits per heavy atom. The molecule has 0 amide bonds. The van der Waals surface area contributed by atoms with Gasteiger partial charge in [-0.15, -0.1) is 0 Å². The van der Waals surface area contributed by atoms with Crippen LogP contribution in [0.5, 0.6) is 0 Å². The molecule has 1 aliphatic rings. The Morgan fingerprint density at radius 1 is 1.26 bits per heavy atom. The van der Waals surface area contributed by atoms with E-state index in [1.54, 1.807) is 6.07 Å². The Morgan fingerprint density at radius 3 is 2.63 bits per heavy atom. The van der Waals surface area contributed by atoms with Gasteiger partial charge >= 0.3 is 5.97 Å². The van der Waals surface area contributed by atoms with Crippen LogP contribution in [-0.2, 0) is 21.3 Å². The highest BCUT2D eigenvalue weighted by Crippen LogP contribution is 2.22. The first kappa shape index (κ1) is 19.4. The van der Waals surface area contributed by atoms with E-state index in [2.05, 4.69) is 11.7 Å². The standard InChI is InChI=1S/C18H22N2O6S/c1-13-7-10-20(11-8-13)27(23,24)16-4-3-9-19(17(16)21)12-14-5-6-15(26-14)18(22)25-2/h3-6,9,13H,7-8,10-12H2,1-2H3. The van der Waals surface area contributed by atoms with E-state index in [0.29, 0.717) is 24.8 Å². The van der Waals surface area contributed by atoms with Gasteiger partial charge in [0.2, 0.25) is 15.8 Å². The molecule has 1 fully saturated rings. The number of sulfonamides is 1. The van der Waals surface area contributed by atoms with Crippen LogP contribution >= 0.6 is 0 Å². The van der Waals surface area contributed by atoms with Crippen molar-refractivity contribution < 1.29 is 22.4 Å². The first-order valence-electron chi connectivity index (χ1n) is 8.69. The smallest absolute Gasteiger partial charge is 0.373 e. The van der Waals surface area contributed by atoms with Crippen LogP contribution in [0.15, 0.2) is 44.6 Å². The average molecular weight is 394 g/mol. The van der Waals surface area contributed by atoms with Crippen molar-refractivity contribution in [3.8, 4) is 0 Å². The third-order valence-electron chi connectivity index (χ3n) is 4.72. The summed E-state index contributed by atoms with van der Waals surface area (Å²) in [4.78, 5) is 24.0. The Labute approximate surface area is 157 Å². The van der Waals surface area contributed by atoms with E-state index in [1.807, 2.05) is 0 Å². The number of rotatable bonds is 5. The van der Waals surface area contributed by atoms with Crippen LogP contribution in [0.25, 0.3) is 0 Å². The van der Waals surface area contributed by atoms with Gasteiger partial charge in [-0.05, 0) is 43.0 Å². The van der Waals surface area contributed by atoms with Gasteiger partial charge in [0.1, 0.15) is 10.7 Å². The van der Waals surface area contributed by atoms with E-state index in [-0.39, 0.29) is 17.2 Å². The van der Waals surface area contributed by atoms with E-state index in [0.717, 1.165) is 12.8 Å². The highest BCUT2D eigenvalue weighted by molar-refractivity contribution is 7.89. The summed E-state index contributed by atoms with van der Waals surface area (Å²) in [6.07, 6.45) is 3.05. The Kier molecular flexibility index (Phi) is 5.52. The van der Waals surface area contributed by atoms with Crippen LogP contribution in [0.4, 0.5) is 0 Å². The average Bonchev–Trinajstić information content (AvgIpc) is 3.11. The maximum atomic E-state index is 12.9. The van der Waals surface area contributed by atoms with Gasteiger partial charge < -0.3 is 13.7 Å². The minimum absolute atomic E-state index is 0.0101. The molecule has 1 saturated heterocycles. The monoisotopic (exact) mass is 394 g/mol. The summed E-state index contributed by atoms with van der Waals surface area (Å²) in [7, 11) is -2.61. The lowest BCUT2D eigenvalue weighted by Gasteiger charge is -2.29. The molecular formula is C18H22N2O6S. The molecule has 0 N–H and O–H groups in total. The van der Waals surface area contributed by atoms with E-state index >= 15 is 0 Å². The molecular weight excluding hydrogens is 372 g/mol. The fourth-order valence-electron chi connectivity index (χ4n) is 3.04. The van der Waals surface area contributed by atoms with Crippen molar-refractivity contribution in [3.63, 3.8) is 0 Å². The molecule has 3 rings (SSSR count). The molecule has 27 heavy (non-hydrogen) atoms. The van der Waals surface area contributed by atoms with Crippen LogP contribution in [0.1, 0.15) is 36.1 Å². The summed E-state index contributed by atoms with van der Waals surface area (Å²) in [5.74, 6) is 0.224. The molecule has 0 bridgehead atoms. The lowest BCUT2D eigenvalue weighted by atomic mass is 10.0. The largest absolute Gasteiger partial charge is 0.463 e. The Bertz CT molecular complexity index is 983. The normalized spacial score (nSPS) is 16.4. The molecule has 1 aliphatic heterocycles. The number of ether oxygens (including phenoxy) is 1. The Balaban J connectivity index is 1.87. The second-order valence-electron chi connectivity index (χ2n) is 6.65. The zero-order valence-electron chi connectivity index (χ0n) is 15.3. The van der Waals surface area contributed by atoms with Gasteiger partial charge in [0.15, 0.2) is 0 Å². The SMILES string of the molecule is COC(=O)c1ccc(Cn2cccc(S(=O)(=O)N3CCC(C)CC3)c2=O)o1. The third-order valence-corrected chi connectivity index (χ3v) is 6.63. The van der Waals surface area contributed by atoms with Gasteiger partial charge in [0, 0.05) is 19.3 Å². The van der Waals surface area contributed by atoms with Crippen LogP contribution in [0.2, 0.25) is 0 Å². The number of piperidine rings is 1. The summed E-state index contributed by atoms with van der Waals surface area (Å²) >= 11 is 0. The molecule has 0 spiro atoms. The summed E-state index contributed by atoms with van der Waals surface area (Å²) < 4.78 is 38.3. The number of methoxy groups -OCH3 is 1. The maximum Gasteiger partial charge on any atom is 0.373 e. The molecule has 146 valence electrons. The van der Waals surface area contributed by atoms with E-state index in [1.165, 1.54) is 40.4 Å². The number of nitrogens with zero attached hydrogens (tertiary/aromatic N) is 2. The molecule has 9 heteroatoms. The van der Waals surface area contributed by atoms with Crippen LogP contribution < -0.4 is 5.56 Å². The predicted molar refractivity (Wildman–Crippen MR) is 97.0 cm³/mol. The van der Waals surface area contributed by atoms with Crippen molar-refractivity contribution in [2.24, 2.45) is 5.92 Å². The molecule has 0 atom stereocenters. The molecule has 8 nitrogen and oxygen atoms in total. The Hall–Kier alpha value is -2.39. The van der Waals surface area contributed by atoms with Crippen molar-refractivity contribution >= 4 is 16.0 Å². The highest BCUT2D eigenvalue weighted by atomic mass is 32.2. The van der Waals surface area contributed by atoms with E-state index in [9.17, 15) is 18.0 Å². The minimum Gasteiger partial charge on any atom is -0.463 e. The van der Waals surface area contributed by atoms with Crippen LogP contribution in [0.3, 0.4) is 0 Å². The van der Waals surface area contributed by atoms with Gasteiger partial charge in [0.25, 0.3) is 5.56 Å². The number of hydrogen-bond donors (Lipinski definition) is 0. The zero-order chi connectivity index (χ0) is 19.6. The number of aromatic nitrogens is 1. The lowest BCUT2D eigenvalue weighted by molar-refractivity contribution is 0.0563. The van der Waals surface area contributed by atoms with Crippen molar-refractivity contribution in [3.05, 3.63) is 52.3 Å². The summed E-state index contributed by atoms with van der Waals surface area (Å²) in [6.45, 7) is 2.93.